The zero-order valence-corrected chi connectivity index (χ0v) is 14.2. The molecule has 5 heteroatoms. The molecule has 1 aliphatic rings. The van der Waals surface area contributed by atoms with Crippen LogP contribution in [0, 0.1) is 0 Å². The van der Waals surface area contributed by atoms with Crippen LogP contribution in [-0.2, 0) is 15.9 Å². The van der Waals surface area contributed by atoms with Crippen LogP contribution in [-0.4, -0.2) is 23.3 Å². The maximum atomic E-state index is 6.09. The van der Waals surface area contributed by atoms with Crippen molar-refractivity contribution in [1.29, 1.82) is 0 Å². The molecule has 0 unspecified atom stereocenters. The molecule has 23 heavy (non-hydrogen) atoms. The summed E-state index contributed by atoms with van der Waals surface area (Å²) in [5.74, 6) is 0.820. The Hall–Kier alpha value is -1.85. The third kappa shape index (κ3) is 3.41. The summed E-state index contributed by atoms with van der Waals surface area (Å²) in [7, 11) is -0.361. The highest BCUT2D eigenvalue weighted by Crippen LogP contribution is 2.36. The van der Waals surface area contributed by atoms with Crippen LogP contribution < -0.4 is 10.8 Å². The van der Waals surface area contributed by atoms with Crippen molar-refractivity contribution in [2.75, 3.05) is 5.32 Å². The smallest absolute Gasteiger partial charge is 0.399 e. The summed E-state index contributed by atoms with van der Waals surface area (Å²) in [5, 5.41) is 3.34. The lowest BCUT2D eigenvalue weighted by molar-refractivity contribution is 0.00578. The lowest BCUT2D eigenvalue weighted by Gasteiger charge is -2.32. The third-order valence-electron chi connectivity index (χ3n) is 4.63. The first-order chi connectivity index (χ1) is 10.9. The molecular weight excluding hydrogens is 287 g/mol. The van der Waals surface area contributed by atoms with Crippen molar-refractivity contribution in [2.45, 2.75) is 45.4 Å². The fraction of sp³-hybridized carbons (Fsp3) is 0.389. The number of benzene rings is 1. The van der Waals surface area contributed by atoms with E-state index in [2.05, 4.69) is 50.1 Å². The van der Waals surface area contributed by atoms with Gasteiger partial charge in [-0.05, 0) is 50.9 Å². The Morgan fingerprint density at radius 3 is 2.30 bits per heavy atom. The molecule has 1 fully saturated rings. The molecule has 1 aromatic heterocycles. The Kier molecular flexibility index (Phi) is 4.17. The number of nitrogens with one attached hydrogen (secondary N) is 1. The molecule has 4 nitrogen and oxygen atoms in total. The fourth-order valence-electron chi connectivity index (χ4n) is 2.46. The van der Waals surface area contributed by atoms with E-state index in [1.165, 1.54) is 5.56 Å². The monoisotopic (exact) mass is 310 g/mol. The average Bonchev–Trinajstić information content (AvgIpc) is 2.75. The van der Waals surface area contributed by atoms with Crippen LogP contribution in [0.25, 0.3) is 0 Å². The highest BCUT2D eigenvalue weighted by Gasteiger charge is 2.51. The Balaban J connectivity index is 1.71. The topological polar surface area (TPSA) is 43.4 Å². The maximum Gasteiger partial charge on any atom is 0.495 e. The predicted molar refractivity (Wildman–Crippen MR) is 93.7 cm³/mol. The molecule has 1 saturated heterocycles. The number of rotatable bonds is 4. The van der Waals surface area contributed by atoms with Crippen LogP contribution >= 0.6 is 0 Å². The van der Waals surface area contributed by atoms with E-state index in [-0.39, 0.29) is 18.3 Å². The van der Waals surface area contributed by atoms with Crippen molar-refractivity contribution in [1.82, 2.24) is 4.98 Å². The highest BCUT2D eigenvalue weighted by molar-refractivity contribution is 6.62. The molecule has 0 atom stereocenters. The van der Waals surface area contributed by atoms with Crippen molar-refractivity contribution in [3.8, 4) is 0 Å². The lowest BCUT2D eigenvalue weighted by Crippen LogP contribution is -2.41. The summed E-state index contributed by atoms with van der Waals surface area (Å²) in [4.78, 5) is 4.38. The van der Waals surface area contributed by atoms with Gasteiger partial charge < -0.3 is 14.6 Å². The van der Waals surface area contributed by atoms with Gasteiger partial charge in [0.25, 0.3) is 0 Å². The van der Waals surface area contributed by atoms with Crippen LogP contribution in [0.15, 0.2) is 48.7 Å². The molecule has 2 heterocycles. The molecule has 1 N–H and O–H groups in total. The van der Waals surface area contributed by atoms with Gasteiger partial charge in [0, 0.05) is 12.7 Å². The summed E-state index contributed by atoms with van der Waals surface area (Å²) < 4.78 is 12.2. The van der Waals surface area contributed by atoms with Gasteiger partial charge in [0.05, 0.1) is 11.2 Å². The molecule has 2 aromatic rings. The molecule has 0 saturated carbocycles. The molecule has 0 aliphatic carbocycles. The van der Waals surface area contributed by atoms with Gasteiger partial charge in [0.15, 0.2) is 0 Å². The van der Waals surface area contributed by atoms with Crippen molar-refractivity contribution >= 4 is 18.4 Å². The largest absolute Gasteiger partial charge is 0.495 e. The van der Waals surface area contributed by atoms with Gasteiger partial charge in [-0.15, -0.1) is 0 Å². The zero-order valence-electron chi connectivity index (χ0n) is 14.2. The second kappa shape index (κ2) is 5.98. The van der Waals surface area contributed by atoms with E-state index >= 15 is 0 Å². The van der Waals surface area contributed by atoms with Gasteiger partial charge in [-0.3, -0.25) is 0 Å². The van der Waals surface area contributed by atoms with Crippen molar-refractivity contribution in [3.63, 3.8) is 0 Å². The molecule has 0 spiro atoms. The standard InChI is InChI=1S/C18H23BN2O2/c1-17(2)18(3,4)23-19(22-17)15-10-11-20-16(12-15)21-13-14-8-6-5-7-9-14/h5-12H,13H2,1-4H3,(H,20,21). The third-order valence-corrected chi connectivity index (χ3v) is 4.63. The molecule has 1 aromatic carbocycles. The molecule has 0 bridgehead atoms. The Morgan fingerprint density at radius 2 is 1.65 bits per heavy atom. The van der Waals surface area contributed by atoms with Gasteiger partial charge in [-0.2, -0.15) is 0 Å². The summed E-state index contributed by atoms with van der Waals surface area (Å²) >= 11 is 0. The number of pyridine rings is 1. The quantitative estimate of drug-likeness (QED) is 0.882. The summed E-state index contributed by atoms with van der Waals surface area (Å²) in [6.07, 6.45) is 1.79. The Bertz CT molecular complexity index is 658. The SMILES string of the molecule is CC1(C)OB(c2ccnc(NCc3ccccc3)c2)OC1(C)C. The van der Waals surface area contributed by atoms with Crippen LogP contribution in [0.3, 0.4) is 0 Å². The van der Waals surface area contributed by atoms with Gasteiger partial charge >= 0.3 is 7.12 Å². The average molecular weight is 310 g/mol. The van der Waals surface area contributed by atoms with Crippen molar-refractivity contribution in [2.24, 2.45) is 0 Å². The van der Waals surface area contributed by atoms with Crippen molar-refractivity contribution in [3.05, 3.63) is 54.2 Å². The molecule has 0 amide bonds. The molecule has 120 valence electrons. The van der Waals surface area contributed by atoms with Crippen LogP contribution in [0.5, 0.6) is 0 Å². The lowest BCUT2D eigenvalue weighted by atomic mass is 9.80. The first kappa shape index (κ1) is 16.0. The molecule has 1 aliphatic heterocycles. The van der Waals surface area contributed by atoms with Gasteiger partial charge in [-0.1, -0.05) is 30.3 Å². The number of anilines is 1. The number of hydrogen-bond acceptors (Lipinski definition) is 4. The van der Waals surface area contributed by atoms with Crippen LogP contribution in [0.1, 0.15) is 33.3 Å². The minimum absolute atomic E-state index is 0.335. The van der Waals surface area contributed by atoms with Crippen LogP contribution in [0.4, 0.5) is 5.82 Å². The summed E-state index contributed by atoms with van der Waals surface area (Å²) in [6, 6.07) is 14.2. The number of hydrogen-bond donors (Lipinski definition) is 1. The highest BCUT2D eigenvalue weighted by atomic mass is 16.7. The van der Waals surface area contributed by atoms with E-state index in [0.717, 1.165) is 17.8 Å². The normalized spacial score (nSPS) is 18.9. The molecule has 0 radical (unpaired) electrons. The van der Waals surface area contributed by atoms with E-state index in [4.69, 9.17) is 9.31 Å². The van der Waals surface area contributed by atoms with E-state index in [1.807, 2.05) is 30.3 Å². The fourth-order valence-corrected chi connectivity index (χ4v) is 2.46. The number of nitrogens with zero attached hydrogens (tertiary/aromatic N) is 1. The minimum Gasteiger partial charge on any atom is -0.399 e. The maximum absolute atomic E-state index is 6.09. The summed E-state index contributed by atoms with van der Waals surface area (Å²) in [6.45, 7) is 8.97. The first-order valence-electron chi connectivity index (χ1n) is 7.97. The van der Waals surface area contributed by atoms with Crippen LogP contribution in [0.2, 0.25) is 0 Å². The molecular formula is C18H23BN2O2. The van der Waals surface area contributed by atoms with E-state index < -0.39 is 0 Å². The van der Waals surface area contributed by atoms with Gasteiger partial charge in [0.2, 0.25) is 0 Å². The van der Waals surface area contributed by atoms with E-state index in [0.29, 0.717) is 0 Å². The molecule has 3 rings (SSSR count). The predicted octanol–water partition coefficient (Wildman–Crippen LogP) is 2.99. The first-order valence-corrected chi connectivity index (χ1v) is 7.97. The second-order valence-corrected chi connectivity index (χ2v) is 6.90. The Labute approximate surface area is 138 Å². The minimum atomic E-state index is -0.361. The van der Waals surface area contributed by atoms with E-state index in [1.54, 1.807) is 6.20 Å². The zero-order chi connectivity index (χ0) is 16.5. The second-order valence-electron chi connectivity index (χ2n) is 6.90. The van der Waals surface area contributed by atoms with Crippen molar-refractivity contribution < 1.29 is 9.31 Å². The van der Waals surface area contributed by atoms with Gasteiger partial charge in [-0.25, -0.2) is 4.98 Å². The summed E-state index contributed by atoms with van der Waals surface area (Å²) in [5.41, 5.74) is 1.53. The van der Waals surface area contributed by atoms with Gasteiger partial charge in [0.1, 0.15) is 5.82 Å². The number of aromatic nitrogens is 1. The van der Waals surface area contributed by atoms with E-state index in [9.17, 15) is 0 Å². The Morgan fingerprint density at radius 1 is 1.00 bits per heavy atom.